The van der Waals surface area contributed by atoms with E-state index >= 15 is 0 Å². The Bertz CT molecular complexity index is 1080. The number of fused-ring (bicyclic) bond motifs is 2. The molecule has 152 valence electrons. The van der Waals surface area contributed by atoms with Crippen LogP contribution in [0.5, 0.6) is 5.75 Å². The molecule has 6 heteroatoms. The van der Waals surface area contributed by atoms with Crippen LogP contribution >= 0.6 is 27.5 Å². The quantitative estimate of drug-likeness (QED) is 0.461. The van der Waals surface area contributed by atoms with Crippen molar-refractivity contribution in [1.82, 2.24) is 9.47 Å². The van der Waals surface area contributed by atoms with Crippen LogP contribution in [0.1, 0.15) is 22.8 Å². The first-order valence-electron chi connectivity index (χ1n) is 9.73. The van der Waals surface area contributed by atoms with Crippen LogP contribution in [0.25, 0.3) is 10.9 Å². The molecule has 0 amide bonds. The average Bonchev–Trinajstić information content (AvgIpc) is 3.04. The number of hydrogen-bond donors (Lipinski definition) is 0. The number of carbonyl (C=O) groups excluding carboxylic acids is 1. The molecule has 0 radical (unpaired) electrons. The van der Waals surface area contributed by atoms with Crippen LogP contribution in [-0.4, -0.2) is 42.0 Å². The lowest BCUT2D eigenvalue weighted by molar-refractivity contribution is 0.0856. The standard InChI is InChI=1S/C23H24BrClN2O2/c1-14(26(2)3)11-27-12-20(19-6-4-17(24)10-21(19)27)23(28)16-8-15-9-18(25)5-7-22(15)29-13-16/h4-7,9-10,12,14,16H,8,11,13H2,1-3H3/t14-,16?/m1/s1. The predicted molar refractivity (Wildman–Crippen MR) is 121 cm³/mol. The van der Waals surface area contributed by atoms with Crippen molar-refractivity contribution >= 4 is 44.2 Å². The highest BCUT2D eigenvalue weighted by Crippen LogP contribution is 2.33. The van der Waals surface area contributed by atoms with E-state index in [-0.39, 0.29) is 11.7 Å². The zero-order chi connectivity index (χ0) is 20.7. The molecule has 0 N–H and O–H groups in total. The molecule has 0 spiro atoms. The Hall–Kier alpha value is -1.82. The monoisotopic (exact) mass is 474 g/mol. The fourth-order valence-electron chi connectivity index (χ4n) is 3.81. The first kappa shape index (κ1) is 20.5. The Morgan fingerprint density at radius 2 is 2.10 bits per heavy atom. The van der Waals surface area contributed by atoms with Crippen molar-refractivity contribution in [3.05, 3.63) is 63.2 Å². The molecular weight excluding hydrogens is 452 g/mol. The summed E-state index contributed by atoms with van der Waals surface area (Å²) in [7, 11) is 4.14. The maximum absolute atomic E-state index is 13.5. The van der Waals surface area contributed by atoms with Crippen molar-refractivity contribution < 1.29 is 9.53 Å². The third-order valence-electron chi connectivity index (χ3n) is 5.75. The van der Waals surface area contributed by atoms with Gasteiger partial charge in [-0.3, -0.25) is 4.79 Å². The molecule has 0 saturated carbocycles. The maximum atomic E-state index is 13.5. The van der Waals surface area contributed by atoms with Gasteiger partial charge in [-0.05, 0) is 63.3 Å². The minimum absolute atomic E-state index is 0.124. The lowest BCUT2D eigenvalue weighted by atomic mass is 9.89. The molecular formula is C23H24BrClN2O2. The molecule has 0 saturated heterocycles. The Balaban J connectivity index is 1.69. The van der Waals surface area contributed by atoms with Gasteiger partial charge in [0.25, 0.3) is 0 Å². The summed E-state index contributed by atoms with van der Waals surface area (Å²) in [5.74, 6) is 0.735. The first-order valence-corrected chi connectivity index (χ1v) is 10.9. The molecule has 3 aromatic rings. The van der Waals surface area contributed by atoms with Gasteiger partial charge >= 0.3 is 0 Å². The van der Waals surface area contributed by atoms with Crippen LogP contribution in [0.15, 0.2) is 47.1 Å². The number of ether oxygens (including phenoxy) is 1. The summed E-state index contributed by atoms with van der Waals surface area (Å²) in [5.41, 5.74) is 2.82. The number of rotatable bonds is 5. The number of nitrogens with zero attached hydrogens (tertiary/aromatic N) is 2. The minimum Gasteiger partial charge on any atom is -0.493 e. The fourth-order valence-corrected chi connectivity index (χ4v) is 4.36. The molecule has 4 nitrogen and oxygen atoms in total. The van der Waals surface area contributed by atoms with Gasteiger partial charge in [-0.15, -0.1) is 0 Å². The third kappa shape index (κ3) is 4.09. The topological polar surface area (TPSA) is 34.5 Å². The summed E-state index contributed by atoms with van der Waals surface area (Å²) in [6, 6.07) is 12.0. The number of aromatic nitrogens is 1. The lowest BCUT2D eigenvalue weighted by Crippen LogP contribution is -2.29. The molecule has 4 rings (SSSR count). The summed E-state index contributed by atoms with van der Waals surface area (Å²) in [6.45, 7) is 3.39. The van der Waals surface area contributed by atoms with Gasteiger partial charge in [-0.25, -0.2) is 0 Å². The number of likely N-dealkylation sites (N-methyl/N-ethyl adjacent to an activating group) is 1. The van der Waals surface area contributed by atoms with Crippen LogP contribution in [0.3, 0.4) is 0 Å². The van der Waals surface area contributed by atoms with E-state index in [1.54, 1.807) is 0 Å². The van der Waals surface area contributed by atoms with Gasteiger partial charge in [0.2, 0.25) is 0 Å². The van der Waals surface area contributed by atoms with Crippen molar-refractivity contribution in [2.45, 2.75) is 25.9 Å². The van der Waals surface area contributed by atoms with Gasteiger partial charge in [0, 0.05) is 44.7 Å². The van der Waals surface area contributed by atoms with E-state index in [1.807, 2.05) is 36.5 Å². The highest BCUT2D eigenvalue weighted by atomic mass is 79.9. The summed E-state index contributed by atoms with van der Waals surface area (Å²) < 4.78 is 9.06. The van der Waals surface area contributed by atoms with E-state index in [4.69, 9.17) is 16.3 Å². The predicted octanol–water partition coefficient (Wildman–Crippen LogP) is 5.44. The Morgan fingerprint density at radius 1 is 1.31 bits per heavy atom. The van der Waals surface area contributed by atoms with E-state index in [1.165, 1.54) is 0 Å². The number of carbonyl (C=O) groups is 1. The van der Waals surface area contributed by atoms with E-state index in [2.05, 4.69) is 52.5 Å². The van der Waals surface area contributed by atoms with Crippen LogP contribution in [0, 0.1) is 5.92 Å². The number of Topliss-reactive ketones (excluding diaryl/α,β-unsaturated/α-hetero) is 1. The van der Waals surface area contributed by atoms with Gasteiger partial charge in [0.1, 0.15) is 5.75 Å². The summed E-state index contributed by atoms with van der Waals surface area (Å²) in [5, 5.41) is 1.65. The molecule has 1 aliphatic rings. The number of benzene rings is 2. The molecule has 29 heavy (non-hydrogen) atoms. The Kier molecular flexibility index (Phi) is 5.74. The number of ketones is 1. The second-order valence-corrected chi connectivity index (χ2v) is 9.35. The van der Waals surface area contributed by atoms with Crippen molar-refractivity contribution in [2.75, 3.05) is 20.7 Å². The normalized spacial score (nSPS) is 17.2. The van der Waals surface area contributed by atoms with Crippen LogP contribution in [0.4, 0.5) is 0 Å². The summed E-state index contributed by atoms with van der Waals surface area (Å²) in [6.07, 6.45) is 2.65. The van der Waals surface area contributed by atoms with Gasteiger partial charge in [0.05, 0.1) is 12.5 Å². The number of halogens is 2. The largest absolute Gasteiger partial charge is 0.493 e. The SMILES string of the molecule is C[C@H](Cn1cc(C(=O)C2COc3ccc(Cl)cc3C2)c2ccc(Br)cc21)N(C)C. The highest BCUT2D eigenvalue weighted by molar-refractivity contribution is 9.10. The van der Waals surface area contributed by atoms with Gasteiger partial charge in [-0.1, -0.05) is 33.6 Å². The van der Waals surface area contributed by atoms with Crippen molar-refractivity contribution in [1.29, 1.82) is 0 Å². The Morgan fingerprint density at radius 3 is 2.86 bits per heavy atom. The second-order valence-electron chi connectivity index (χ2n) is 8.00. The molecule has 0 fully saturated rings. The van der Waals surface area contributed by atoms with Crippen LogP contribution in [0.2, 0.25) is 5.02 Å². The van der Waals surface area contributed by atoms with Crippen molar-refractivity contribution in [3.8, 4) is 5.75 Å². The third-order valence-corrected chi connectivity index (χ3v) is 6.48. The maximum Gasteiger partial charge on any atom is 0.171 e. The van der Waals surface area contributed by atoms with Gasteiger partial charge < -0.3 is 14.2 Å². The van der Waals surface area contributed by atoms with Crippen molar-refractivity contribution in [3.63, 3.8) is 0 Å². The van der Waals surface area contributed by atoms with Crippen LogP contribution < -0.4 is 4.74 Å². The summed E-state index contributed by atoms with van der Waals surface area (Å²) >= 11 is 9.71. The first-order chi connectivity index (χ1) is 13.8. The highest BCUT2D eigenvalue weighted by Gasteiger charge is 2.29. The molecule has 1 aliphatic heterocycles. The Labute approximate surface area is 184 Å². The molecule has 0 bridgehead atoms. The van der Waals surface area contributed by atoms with Gasteiger partial charge in [0.15, 0.2) is 5.78 Å². The van der Waals surface area contributed by atoms with E-state index < -0.39 is 0 Å². The zero-order valence-corrected chi connectivity index (χ0v) is 19.1. The molecule has 0 aliphatic carbocycles. The fraction of sp³-hybridized carbons (Fsp3) is 0.348. The van der Waals surface area contributed by atoms with E-state index in [0.29, 0.717) is 24.1 Å². The molecule has 1 unspecified atom stereocenters. The smallest absolute Gasteiger partial charge is 0.171 e. The zero-order valence-electron chi connectivity index (χ0n) is 16.8. The molecule has 2 aromatic carbocycles. The van der Waals surface area contributed by atoms with E-state index in [9.17, 15) is 4.79 Å². The van der Waals surface area contributed by atoms with Crippen LogP contribution in [-0.2, 0) is 13.0 Å². The lowest BCUT2D eigenvalue weighted by Gasteiger charge is -2.24. The minimum atomic E-state index is -0.213. The second kappa shape index (κ2) is 8.13. The average molecular weight is 476 g/mol. The van der Waals surface area contributed by atoms with Gasteiger partial charge in [-0.2, -0.15) is 0 Å². The van der Waals surface area contributed by atoms with Crippen molar-refractivity contribution in [2.24, 2.45) is 5.92 Å². The molecule has 1 aromatic heterocycles. The number of hydrogen-bond acceptors (Lipinski definition) is 3. The molecule has 2 atom stereocenters. The van der Waals surface area contributed by atoms with E-state index in [0.717, 1.165) is 38.8 Å². The summed E-state index contributed by atoms with van der Waals surface area (Å²) in [4.78, 5) is 15.7. The molecule has 2 heterocycles.